The second-order valence-corrected chi connectivity index (χ2v) is 11.1. The molecule has 0 aromatic carbocycles. The summed E-state index contributed by atoms with van der Waals surface area (Å²) in [5.41, 5.74) is 9.35. The molecular formula is C38H76N4. The average Bonchev–Trinajstić information content (AvgIpc) is 2.89. The zero-order valence-corrected chi connectivity index (χ0v) is 26.5. The molecule has 0 aliphatic carbocycles. The third-order valence-electron chi connectivity index (χ3n) is 7.39. The Labute approximate surface area is 265 Å². The molecule has 248 valence electrons. The van der Waals surface area contributed by atoms with Crippen molar-refractivity contribution in [2.45, 2.75) is 201 Å². The fourth-order valence-corrected chi connectivity index (χ4v) is 4.96. The van der Waals surface area contributed by atoms with Crippen molar-refractivity contribution in [3.63, 3.8) is 0 Å². The minimum absolute atomic E-state index is 0. The van der Waals surface area contributed by atoms with Crippen molar-refractivity contribution in [3.8, 4) is 0 Å². The maximum atomic E-state index is 4.87. The van der Waals surface area contributed by atoms with Crippen LogP contribution in [0.1, 0.15) is 193 Å². The van der Waals surface area contributed by atoms with Crippen molar-refractivity contribution >= 4 is 0 Å². The average molecular weight is 589 g/mol. The molecule has 0 N–H and O–H groups in total. The Morgan fingerprint density at radius 3 is 0.810 bits per heavy atom. The van der Waals surface area contributed by atoms with E-state index in [-0.39, 0.29) is 29.7 Å². The summed E-state index contributed by atoms with van der Waals surface area (Å²) >= 11 is 0. The zero-order chi connectivity index (χ0) is 28.2. The lowest BCUT2D eigenvalue weighted by atomic mass is 10.1. The van der Waals surface area contributed by atoms with Gasteiger partial charge >= 0.3 is 0 Å². The number of rotatable bonds is 18. The number of hydrogen-bond donors (Lipinski definition) is 0. The highest BCUT2D eigenvalue weighted by molar-refractivity contribution is 5.20. The molecule has 0 amide bonds. The van der Waals surface area contributed by atoms with Crippen LogP contribution < -0.4 is 0 Å². The van der Waals surface area contributed by atoms with Gasteiger partial charge in [-0.1, -0.05) is 134 Å². The highest BCUT2D eigenvalue weighted by Gasteiger charge is 2.09. The van der Waals surface area contributed by atoms with Gasteiger partial charge in [0.1, 0.15) is 0 Å². The van der Waals surface area contributed by atoms with Crippen molar-refractivity contribution in [3.05, 3.63) is 45.6 Å². The molecule has 0 unspecified atom stereocenters. The van der Waals surface area contributed by atoms with E-state index in [0.717, 1.165) is 61.3 Å². The summed E-state index contributed by atoms with van der Waals surface area (Å²) in [6.07, 6.45) is 22.7. The molecule has 0 bridgehead atoms. The highest BCUT2D eigenvalue weighted by atomic mass is 14.8. The molecule has 0 fully saturated rings. The molecule has 0 radical (unpaired) electrons. The molecule has 0 saturated heterocycles. The monoisotopic (exact) mass is 589 g/mol. The topological polar surface area (TPSA) is 51.6 Å². The summed E-state index contributed by atoms with van der Waals surface area (Å²) in [6, 6.07) is 0. The van der Waals surface area contributed by atoms with E-state index in [1.54, 1.807) is 0 Å². The van der Waals surface area contributed by atoms with Crippen molar-refractivity contribution < 1.29 is 0 Å². The summed E-state index contributed by atoms with van der Waals surface area (Å²) < 4.78 is 0. The van der Waals surface area contributed by atoms with Gasteiger partial charge in [-0.2, -0.15) is 0 Å². The number of aromatic nitrogens is 4. The second kappa shape index (κ2) is 29.2. The van der Waals surface area contributed by atoms with Gasteiger partial charge in [0.25, 0.3) is 0 Å². The van der Waals surface area contributed by atoms with E-state index < -0.39 is 0 Å². The number of nitrogens with zero attached hydrogens (tertiary/aromatic N) is 4. The molecule has 0 atom stereocenters. The summed E-state index contributed by atoms with van der Waals surface area (Å²) in [6.45, 7) is 17.3. The number of unbranched alkanes of at least 4 members (excludes halogenated alkanes) is 10. The van der Waals surface area contributed by atoms with Crippen LogP contribution in [0.4, 0.5) is 0 Å². The maximum absolute atomic E-state index is 4.87. The smallest absolute Gasteiger partial charge is 0.0619 e. The first-order valence-electron chi connectivity index (χ1n) is 16.0. The summed E-state index contributed by atoms with van der Waals surface area (Å²) in [5, 5.41) is 0. The predicted molar refractivity (Wildman–Crippen MR) is 192 cm³/mol. The minimum Gasteiger partial charge on any atom is -0.254 e. The lowest BCUT2D eigenvalue weighted by molar-refractivity contribution is 0.597. The van der Waals surface area contributed by atoms with Crippen molar-refractivity contribution in [1.29, 1.82) is 0 Å². The molecule has 42 heavy (non-hydrogen) atoms. The zero-order valence-electron chi connectivity index (χ0n) is 26.5. The van der Waals surface area contributed by atoms with Crippen LogP contribution in [-0.4, -0.2) is 19.9 Å². The van der Waals surface area contributed by atoms with Gasteiger partial charge in [0.05, 0.1) is 45.6 Å². The van der Waals surface area contributed by atoms with Gasteiger partial charge in [-0.05, 0) is 66.2 Å². The van der Waals surface area contributed by atoms with E-state index in [4.69, 9.17) is 9.97 Å². The molecule has 0 saturated carbocycles. The van der Waals surface area contributed by atoms with Crippen LogP contribution in [0.2, 0.25) is 0 Å². The van der Waals surface area contributed by atoms with Crippen LogP contribution in [0, 0.1) is 27.7 Å². The van der Waals surface area contributed by atoms with Gasteiger partial charge in [-0.3, -0.25) is 19.9 Å². The lowest BCUT2D eigenvalue weighted by Crippen LogP contribution is -2.06. The third kappa shape index (κ3) is 19.4. The van der Waals surface area contributed by atoms with Crippen LogP contribution in [0.15, 0.2) is 0 Å². The molecule has 0 aliphatic rings. The van der Waals surface area contributed by atoms with E-state index >= 15 is 0 Å². The second-order valence-electron chi connectivity index (χ2n) is 11.1. The van der Waals surface area contributed by atoms with E-state index in [1.165, 1.54) is 99.8 Å². The van der Waals surface area contributed by atoms with E-state index in [0.29, 0.717) is 0 Å². The Bertz CT molecular complexity index is 818. The minimum atomic E-state index is 0. The largest absolute Gasteiger partial charge is 0.254 e. The van der Waals surface area contributed by atoms with E-state index in [1.807, 2.05) is 0 Å². The van der Waals surface area contributed by atoms with Gasteiger partial charge in [0, 0.05) is 0 Å². The summed E-state index contributed by atoms with van der Waals surface area (Å²) in [7, 11) is 0. The van der Waals surface area contributed by atoms with Gasteiger partial charge in [0.15, 0.2) is 0 Å². The van der Waals surface area contributed by atoms with E-state index in [2.05, 4.69) is 65.4 Å². The van der Waals surface area contributed by atoms with Gasteiger partial charge < -0.3 is 0 Å². The molecule has 2 aromatic heterocycles. The normalized spacial score (nSPS) is 9.90. The van der Waals surface area contributed by atoms with Crippen LogP contribution in [0.3, 0.4) is 0 Å². The van der Waals surface area contributed by atoms with E-state index in [9.17, 15) is 0 Å². The third-order valence-corrected chi connectivity index (χ3v) is 7.39. The Morgan fingerprint density at radius 1 is 0.310 bits per heavy atom. The van der Waals surface area contributed by atoms with Gasteiger partial charge in [-0.25, -0.2) is 0 Å². The highest BCUT2D eigenvalue weighted by Crippen LogP contribution is 2.16. The molecule has 0 aliphatic heterocycles. The molecule has 2 heterocycles. The molecule has 4 heteroatoms. The maximum Gasteiger partial charge on any atom is 0.0619 e. The lowest BCUT2D eigenvalue weighted by Gasteiger charge is -2.10. The molecule has 4 nitrogen and oxygen atoms in total. The Balaban J connectivity index is -0.000000348. The van der Waals surface area contributed by atoms with Crippen molar-refractivity contribution in [1.82, 2.24) is 19.9 Å². The van der Waals surface area contributed by atoms with Crippen molar-refractivity contribution in [2.24, 2.45) is 0 Å². The fraction of sp³-hybridized carbons (Fsp3) is 0.789. The summed E-state index contributed by atoms with van der Waals surface area (Å²) in [4.78, 5) is 19.0. The Hall–Kier alpha value is -1.84. The summed E-state index contributed by atoms with van der Waals surface area (Å²) in [5.74, 6) is 0. The number of aryl methyl sites for hydroxylation is 8. The first-order valence-corrected chi connectivity index (χ1v) is 16.0. The van der Waals surface area contributed by atoms with Gasteiger partial charge in [0.2, 0.25) is 0 Å². The SMILES string of the molecule is C.C.C.C.CCCCCCCCc1nc(C)c(CCCCCCCC)nc1C.CCCc1nc(C)c(CCC)nc1C. The predicted octanol–water partition coefficient (Wildman–Crippen LogP) is 12.4. The Morgan fingerprint density at radius 2 is 0.548 bits per heavy atom. The first-order chi connectivity index (χ1) is 18.4. The fourth-order valence-electron chi connectivity index (χ4n) is 4.96. The van der Waals surface area contributed by atoms with Crippen LogP contribution in [0.5, 0.6) is 0 Å². The quantitative estimate of drug-likeness (QED) is 0.162. The van der Waals surface area contributed by atoms with Gasteiger partial charge in [-0.15, -0.1) is 0 Å². The molecular weight excluding hydrogens is 512 g/mol. The molecule has 2 rings (SSSR count). The number of hydrogen-bond acceptors (Lipinski definition) is 4. The van der Waals surface area contributed by atoms with Crippen molar-refractivity contribution in [2.75, 3.05) is 0 Å². The van der Waals surface area contributed by atoms with Crippen LogP contribution >= 0.6 is 0 Å². The molecule has 2 aromatic rings. The Kier molecular flexibility index (Phi) is 32.8. The van der Waals surface area contributed by atoms with Crippen LogP contribution in [-0.2, 0) is 25.7 Å². The molecule has 0 spiro atoms. The van der Waals surface area contributed by atoms with Crippen LogP contribution in [0.25, 0.3) is 0 Å². The first kappa shape index (κ1) is 47.1. The standard InChI is InChI=1S/C22H40N2.C12H20N2.4CH4/c1-5-7-9-11-13-15-17-21-19(3)24-22(20(4)23-21)18-16-14-12-10-8-6-2;1-5-7-11-9(3)14-12(8-6-2)10(4)13-11;;;;/h5-18H2,1-4H3;5-8H2,1-4H3;4*1H4.